The van der Waals surface area contributed by atoms with Gasteiger partial charge in [-0.15, -0.1) is 0 Å². The molecule has 0 aliphatic carbocycles. The molecule has 0 radical (unpaired) electrons. The molecule has 1 atom stereocenters. The number of aromatic nitrogens is 2. The van der Waals surface area contributed by atoms with Crippen LogP contribution in [0.5, 0.6) is 0 Å². The van der Waals surface area contributed by atoms with E-state index in [4.69, 9.17) is 10.3 Å². The Hall–Kier alpha value is -1.72. The Morgan fingerprint density at radius 2 is 2.10 bits per heavy atom. The van der Waals surface area contributed by atoms with Crippen LogP contribution in [0.4, 0.5) is 0 Å². The molecule has 0 aliphatic heterocycles. The molecule has 0 aliphatic rings. The average Bonchev–Trinajstić information content (AvgIpc) is 2.84. The Bertz CT molecular complexity index is 550. The molecule has 2 N–H and O–H groups in total. The number of benzene rings is 1. The van der Waals surface area contributed by atoms with Crippen LogP contribution in [-0.4, -0.2) is 35.7 Å². The number of hydrogen-bond acceptors (Lipinski definition) is 5. The second-order valence-electron chi connectivity index (χ2n) is 5.40. The molecule has 0 bridgehead atoms. The number of nitrogens with two attached hydrogens (primary N) is 1. The van der Waals surface area contributed by atoms with Gasteiger partial charge < -0.3 is 15.2 Å². The summed E-state index contributed by atoms with van der Waals surface area (Å²) in [6, 6.07) is 8.24. The Morgan fingerprint density at radius 1 is 1.30 bits per heavy atom. The molecule has 1 aromatic heterocycles. The fourth-order valence-electron chi connectivity index (χ4n) is 2.11. The molecule has 1 unspecified atom stereocenters. The van der Waals surface area contributed by atoms with E-state index in [9.17, 15) is 0 Å². The maximum absolute atomic E-state index is 6.01. The zero-order valence-corrected chi connectivity index (χ0v) is 12.3. The van der Waals surface area contributed by atoms with Gasteiger partial charge in [-0.1, -0.05) is 35.0 Å². The summed E-state index contributed by atoms with van der Waals surface area (Å²) < 4.78 is 5.26. The third-order valence-electron chi connectivity index (χ3n) is 3.09. The van der Waals surface area contributed by atoms with Gasteiger partial charge in [0.15, 0.2) is 5.82 Å². The van der Waals surface area contributed by atoms with Crippen molar-refractivity contribution in [2.45, 2.75) is 25.8 Å². The molecule has 0 fully saturated rings. The van der Waals surface area contributed by atoms with Crippen LogP contribution in [-0.2, 0) is 12.8 Å². The molecule has 0 saturated heterocycles. The van der Waals surface area contributed by atoms with Gasteiger partial charge >= 0.3 is 0 Å². The Kier molecular flexibility index (Phi) is 4.87. The summed E-state index contributed by atoms with van der Waals surface area (Å²) in [5.74, 6) is 1.23. The van der Waals surface area contributed by atoms with Gasteiger partial charge in [-0.05, 0) is 33.0 Å². The Labute approximate surface area is 119 Å². The van der Waals surface area contributed by atoms with E-state index in [2.05, 4.69) is 41.3 Å². The molecular formula is C15H22N4O. The standard InChI is InChI=1S/C15H22N4O/c1-11-5-4-6-12(9-11)7-8-14-17-15(18-20-14)13(16)10-19(2)3/h4-6,9,13H,7-8,10,16H2,1-3H3. The predicted octanol–water partition coefficient (Wildman–Crippen LogP) is 1.72. The van der Waals surface area contributed by atoms with Gasteiger partial charge in [-0.3, -0.25) is 0 Å². The minimum Gasteiger partial charge on any atom is -0.339 e. The molecule has 0 spiro atoms. The predicted molar refractivity (Wildman–Crippen MR) is 78.4 cm³/mol. The molecule has 1 aromatic carbocycles. The summed E-state index contributed by atoms with van der Waals surface area (Å²) >= 11 is 0. The van der Waals surface area contributed by atoms with Gasteiger partial charge in [0.25, 0.3) is 0 Å². The zero-order valence-electron chi connectivity index (χ0n) is 12.3. The first-order valence-electron chi connectivity index (χ1n) is 6.83. The number of nitrogens with zero attached hydrogens (tertiary/aromatic N) is 3. The average molecular weight is 274 g/mol. The van der Waals surface area contributed by atoms with Gasteiger partial charge in [0.2, 0.25) is 5.89 Å². The van der Waals surface area contributed by atoms with Crippen molar-refractivity contribution in [2.75, 3.05) is 20.6 Å². The maximum Gasteiger partial charge on any atom is 0.227 e. The van der Waals surface area contributed by atoms with Crippen LogP contribution in [0.15, 0.2) is 28.8 Å². The van der Waals surface area contributed by atoms with E-state index in [0.29, 0.717) is 18.3 Å². The normalized spacial score (nSPS) is 12.8. The monoisotopic (exact) mass is 274 g/mol. The fourth-order valence-corrected chi connectivity index (χ4v) is 2.11. The molecular weight excluding hydrogens is 252 g/mol. The van der Waals surface area contributed by atoms with Crippen LogP contribution in [0.2, 0.25) is 0 Å². The van der Waals surface area contributed by atoms with E-state index in [1.54, 1.807) is 0 Å². The third-order valence-corrected chi connectivity index (χ3v) is 3.09. The van der Waals surface area contributed by atoms with Crippen LogP contribution in [0, 0.1) is 6.92 Å². The highest BCUT2D eigenvalue weighted by molar-refractivity contribution is 5.22. The highest BCUT2D eigenvalue weighted by atomic mass is 16.5. The van der Waals surface area contributed by atoms with Crippen molar-refractivity contribution >= 4 is 0 Å². The first-order valence-corrected chi connectivity index (χ1v) is 6.83. The summed E-state index contributed by atoms with van der Waals surface area (Å²) in [4.78, 5) is 6.38. The first-order chi connectivity index (χ1) is 9.54. The van der Waals surface area contributed by atoms with Crippen LogP contribution in [0.3, 0.4) is 0 Å². The number of aryl methyl sites for hydroxylation is 3. The summed E-state index contributed by atoms with van der Waals surface area (Å²) in [6.07, 6.45) is 1.64. The van der Waals surface area contributed by atoms with E-state index in [0.717, 1.165) is 12.8 Å². The Balaban J connectivity index is 1.93. The van der Waals surface area contributed by atoms with Crippen molar-refractivity contribution in [3.8, 4) is 0 Å². The molecule has 0 amide bonds. The lowest BCUT2D eigenvalue weighted by atomic mass is 10.1. The molecule has 2 aromatic rings. The topological polar surface area (TPSA) is 68.2 Å². The van der Waals surface area contributed by atoms with Crippen LogP contribution in [0.1, 0.15) is 28.9 Å². The molecule has 108 valence electrons. The minimum atomic E-state index is -0.207. The number of likely N-dealkylation sites (N-methyl/N-ethyl adjacent to an activating group) is 1. The van der Waals surface area contributed by atoms with Crippen molar-refractivity contribution in [3.05, 3.63) is 47.1 Å². The number of rotatable bonds is 6. The summed E-state index contributed by atoms with van der Waals surface area (Å²) in [5, 5.41) is 3.96. The summed E-state index contributed by atoms with van der Waals surface area (Å²) in [6.45, 7) is 2.80. The smallest absolute Gasteiger partial charge is 0.227 e. The van der Waals surface area contributed by atoms with E-state index in [-0.39, 0.29) is 6.04 Å². The lowest BCUT2D eigenvalue weighted by molar-refractivity contribution is 0.346. The first kappa shape index (κ1) is 14.7. The van der Waals surface area contributed by atoms with Crippen molar-refractivity contribution in [3.63, 3.8) is 0 Å². The summed E-state index contributed by atoms with van der Waals surface area (Å²) in [5.41, 5.74) is 8.56. The fraction of sp³-hybridized carbons (Fsp3) is 0.467. The van der Waals surface area contributed by atoms with E-state index < -0.39 is 0 Å². The van der Waals surface area contributed by atoms with Gasteiger partial charge in [0.05, 0.1) is 6.04 Å². The second kappa shape index (κ2) is 6.63. The highest BCUT2D eigenvalue weighted by Crippen LogP contribution is 2.11. The highest BCUT2D eigenvalue weighted by Gasteiger charge is 2.14. The molecule has 0 saturated carbocycles. The quantitative estimate of drug-likeness (QED) is 0.868. The van der Waals surface area contributed by atoms with Gasteiger partial charge in [0.1, 0.15) is 0 Å². The van der Waals surface area contributed by atoms with Crippen molar-refractivity contribution in [1.82, 2.24) is 15.0 Å². The lowest BCUT2D eigenvalue weighted by Crippen LogP contribution is -2.26. The largest absolute Gasteiger partial charge is 0.339 e. The van der Waals surface area contributed by atoms with E-state index in [1.165, 1.54) is 11.1 Å². The maximum atomic E-state index is 6.01. The van der Waals surface area contributed by atoms with Crippen molar-refractivity contribution in [1.29, 1.82) is 0 Å². The lowest BCUT2D eigenvalue weighted by Gasteiger charge is -2.12. The molecule has 2 rings (SSSR count). The minimum absolute atomic E-state index is 0.207. The second-order valence-corrected chi connectivity index (χ2v) is 5.40. The van der Waals surface area contributed by atoms with Crippen LogP contribution >= 0.6 is 0 Å². The van der Waals surface area contributed by atoms with Crippen molar-refractivity contribution < 1.29 is 4.52 Å². The summed E-state index contributed by atoms with van der Waals surface area (Å²) in [7, 11) is 3.94. The molecule has 20 heavy (non-hydrogen) atoms. The molecule has 1 heterocycles. The third kappa shape index (κ3) is 4.15. The number of hydrogen-bond donors (Lipinski definition) is 1. The van der Waals surface area contributed by atoms with Gasteiger partial charge in [-0.2, -0.15) is 4.98 Å². The van der Waals surface area contributed by atoms with Gasteiger partial charge in [-0.25, -0.2) is 0 Å². The Morgan fingerprint density at radius 3 is 2.80 bits per heavy atom. The SMILES string of the molecule is Cc1cccc(CCc2nc(C(N)CN(C)C)no2)c1. The van der Waals surface area contributed by atoms with Gasteiger partial charge in [0, 0.05) is 13.0 Å². The molecule has 5 heteroatoms. The van der Waals surface area contributed by atoms with E-state index >= 15 is 0 Å². The zero-order chi connectivity index (χ0) is 14.5. The van der Waals surface area contributed by atoms with Crippen molar-refractivity contribution in [2.24, 2.45) is 5.73 Å². The molecule has 5 nitrogen and oxygen atoms in total. The van der Waals surface area contributed by atoms with Crippen LogP contribution < -0.4 is 5.73 Å². The van der Waals surface area contributed by atoms with E-state index in [1.807, 2.05) is 19.0 Å². The van der Waals surface area contributed by atoms with Crippen LogP contribution in [0.25, 0.3) is 0 Å².